The normalized spacial score (nSPS) is 12.6. The first-order valence-corrected chi connectivity index (χ1v) is 15.4. The molecule has 48 heavy (non-hydrogen) atoms. The molecule has 8 nitrogen and oxygen atoms in total. The lowest BCUT2D eigenvalue weighted by molar-refractivity contribution is 0.0926. The SMILES string of the molecule is O=C1c2cccc(-n3c4c(-c5cncnc5)cccc4c4cccc(-c5cncnc5)c43)c2C(=O)N1c1cccc(-c2ccccc2)c1. The molecule has 0 unspecified atom stereocenters. The Balaban J connectivity index is 1.33. The fraction of sp³-hybridized carbons (Fsp3) is 0. The smallest absolute Gasteiger partial charge is 0.268 e. The maximum Gasteiger partial charge on any atom is 0.268 e. The van der Waals surface area contributed by atoms with E-state index in [0.717, 1.165) is 55.2 Å². The molecule has 226 valence electrons. The van der Waals surface area contributed by atoms with Gasteiger partial charge in [0.2, 0.25) is 0 Å². The van der Waals surface area contributed by atoms with Crippen LogP contribution in [0.3, 0.4) is 0 Å². The lowest BCUT2D eigenvalue weighted by Gasteiger charge is -2.17. The molecule has 4 heterocycles. The number of benzene rings is 5. The molecule has 3 aromatic heterocycles. The third kappa shape index (κ3) is 4.16. The van der Waals surface area contributed by atoms with Crippen LogP contribution in [0, 0.1) is 0 Å². The second-order valence-electron chi connectivity index (χ2n) is 11.6. The fourth-order valence-corrected chi connectivity index (χ4v) is 6.84. The van der Waals surface area contributed by atoms with E-state index < -0.39 is 0 Å². The van der Waals surface area contributed by atoms with Crippen LogP contribution in [0.2, 0.25) is 0 Å². The highest BCUT2D eigenvalue weighted by Crippen LogP contribution is 2.43. The van der Waals surface area contributed by atoms with Gasteiger partial charge in [-0.15, -0.1) is 0 Å². The Morgan fingerprint density at radius 3 is 1.62 bits per heavy atom. The Morgan fingerprint density at radius 1 is 0.458 bits per heavy atom. The van der Waals surface area contributed by atoms with Crippen LogP contribution in [0.1, 0.15) is 20.7 Å². The van der Waals surface area contributed by atoms with Crippen LogP contribution < -0.4 is 4.90 Å². The second-order valence-corrected chi connectivity index (χ2v) is 11.6. The van der Waals surface area contributed by atoms with Crippen molar-refractivity contribution in [3.05, 3.63) is 158 Å². The molecule has 0 N–H and O–H groups in total. The molecule has 2 amide bonds. The lowest BCUT2D eigenvalue weighted by Crippen LogP contribution is -2.29. The molecule has 8 heteroatoms. The summed E-state index contributed by atoms with van der Waals surface area (Å²) in [7, 11) is 0. The zero-order valence-electron chi connectivity index (χ0n) is 25.4. The van der Waals surface area contributed by atoms with Gasteiger partial charge in [-0.3, -0.25) is 9.59 Å². The van der Waals surface area contributed by atoms with Gasteiger partial charge in [-0.05, 0) is 35.4 Å². The summed E-state index contributed by atoms with van der Waals surface area (Å²) in [6.45, 7) is 0. The number of para-hydroxylation sites is 2. The van der Waals surface area contributed by atoms with Gasteiger partial charge in [0, 0.05) is 57.8 Å². The Bertz CT molecular complexity index is 2450. The number of carbonyl (C=O) groups excluding carboxylic acids is 2. The number of fused-ring (bicyclic) bond motifs is 4. The van der Waals surface area contributed by atoms with Gasteiger partial charge in [0.1, 0.15) is 12.7 Å². The van der Waals surface area contributed by atoms with Crippen LogP contribution in [0.5, 0.6) is 0 Å². The average Bonchev–Trinajstić information content (AvgIpc) is 3.63. The number of nitrogens with zero attached hydrogens (tertiary/aromatic N) is 6. The molecule has 0 atom stereocenters. The Kier molecular flexibility index (Phi) is 6.26. The third-order valence-corrected chi connectivity index (χ3v) is 8.90. The zero-order valence-corrected chi connectivity index (χ0v) is 25.4. The van der Waals surface area contributed by atoms with Crippen molar-refractivity contribution in [1.29, 1.82) is 0 Å². The quantitative estimate of drug-likeness (QED) is 0.180. The standard InChI is InChI=1S/C40H24N6O2/c47-39-34-16-7-17-35(36(34)40(48)45(39)29-11-4-10-26(18-29)25-8-2-1-3-9-25)46-37-30(27-19-41-23-42-20-27)12-5-14-32(37)33-15-6-13-31(38(33)46)28-21-43-24-44-22-28/h1-24H. The van der Waals surface area contributed by atoms with E-state index in [0.29, 0.717) is 22.5 Å². The third-order valence-electron chi connectivity index (χ3n) is 8.90. The molecule has 0 saturated heterocycles. The summed E-state index contributed by atoms with van der Waals surface area (Å²) in [6, 6.07) is 35.1. The molecular formula is C40H24N6O2. The molecule has 0 bridgehead atoms. The van der Waals surface area contributed by atoms with Crippen molar-refractivity contribution in [2.24, 2.45) is 0 Å². The van der Waals surface area contributed by atoms with E-state index in [1.807, 2.05) is 84.9 Å². The maximum absolute atomic E-state index is 14.6. The second kappa shape index (κ2) is 10.9. The van der Waals surface area contributed by atoms with E-state index in [4.69, 9.17) is 0 Å². The summed E-state index contributed by atoms with van der Waals surface area (Å²) < 4.78 is 2.10. The van der Waals surface area contributed by atoms with Crippen molar-refractivity contribution in [3.63, 3.8) is 0 Å². The van der Waals surface area contributed by atoms with Crippen molar-refractivity contribution in [1.82, 2.24) is 24.5 Å². The van der Waals surface area contributed by atoms with E-state index >= 15 is 0 Å². The number of imide groups is 1. The van der Waals surface area contributed by atoms with Gasteiger partial charge in [-0.25, -0.2) is 24.8 Å². The number of rotatable bonds is 5. The monoisotopic (exact) mass is 620 g/mol. The summed E-state index contributed by atoms with van der Waals surface area (Å²) >= 11 is 0. The Morgan fingerprint density at radius 2 is 1.00 bits per heavy atom. The van der Waals surface area contributed by atoms with E-state index in [-0.39, 0.29) is 11.8 Å². The summed E-state index contributed by atoms with van der Waals surface area (Å²) in [6.07, 6.45) is 10.1. The highest BCUT2D eigenvalue weighted by molar-refractivity contribution is 6.36. The first kappa shape index (κ1) is 27.5. The molecule has 0 radical (unpaired) electrons. The van der Waals surface area contributed by atoms with Crippen molar-refractivity contribution >= 4 is 39.3 Å². The molecule has 9 rings (SSSR count). The molecule has 0 saturated carbocycles. The summed E-state index contributed by atoms with van der Waals surface area (Å²) in [5, 5.41) is 1.96. The number of amides is 2. The van der Waals surface area contributed by atoms with E-state index in [1.165, 1.54) is 17.6 Å². The van der Waals surface area contributed by atoms with E-state index in [1.54, 1.807) is 36.9 Å². The highest BCUT2D eigenvalue weighted by Gasteiger charge is 2.39. The number of anilines is 1. The summed E-state index contributed by atoms with van der Waals surface area (Å²) in [5.74, 6) is -0.747. The molecule has 8 aromatic rings. The van der Waals surface area contributed by atoms with Gasteiger partial charge in [0.05, 0.1) is 33.5 Å². The first-order chi connectivity index (χ1) is 23.7. The molecular weight excluding hydrogens is 596 g/mol. The van der Waals surface area contributed by atoms with Crippen molar-refractivity contribution in [2.45, 2.75) is 0 Å². The van der Waals surface area contributed by atoms with Crippen LogP contribution in [0.15, 0.2) is 147 Å². The van der Waals surface area contributed by atoms with Gasteiger partial charge in [-0.2, -0.15) is 0 Å². The number of aromatic nitrogens is 5. The topological polar surface area (TPSA) is 93.9 Å². The predicted molar refractivity (Wildman–Crippen MR) is 186 cm³/mol. The van der Waals surface area contributed by atoms with Crippen molar-refractivity contribution in [3.8, 4) is 39.1 Å². The minimum Gasteiger partial charge on any atom is -0.307 e. The predicted octanol–water partition coefficient (Wildman–Crippen LogP) is 8.17. The molecule has 1 aliphatic rings. The summed E-state index contributed by atoms with van der Waals surface area (Å²) in [5.41, 5.74) is 8.87. The van der Waals surface area contributed by atoms with Crippen molar-refractivity contribution < 1.29 is 9.59 Å². The van der Waals surface area contributed by atoms with Crippen LogP contribution >= 0.6 is 0 Å². The van der Waals surface area contributed by atoms with Crippen molar-refractivity contribution in [2.75, 3.05) is 4.90 Å². The Hall–Kier alpha value is -6.80. The zero-order chi connectivity index (χ0) is 32.2. The Labute approximate surface area is 274 Å². The fourth-order valence-electron chi connectivity index (χ4n) is 6.84. The van der Waals surface area contributed by atoms with Gasteiger partial charge >= 0.3 is 0 Å². The number of hydrogen-bond acceptors (Lipinski definition) is 6. The average molecular weight is 621 g/mol. The molecule has 1 aliphatic heterocycles. The van der Waals surface area contributed by atoms with Gasteiger partial charge in [-0.1, -0.05) is 84.9 Å². The largest absolute Gasteiger partial charge is 0.307 e. The van der Waals surface area contributed by atoms with E-state index in [9.17, 15) is 9.59 Å². The minimum absolute atomic E-state index is 0.338. The number of hydrogen-bond donors (Lipinski definition) is 0. The van der Waals surface area contributed by atoms with Crippen LogP contribution in [-0.2, 0) is 0 Å². The van der Waals surface area contributed by atoms with Crippen LogP contribution in [0.25, 0.3) is 60.9 Å². The molecule has 0 spiro atoms. The molecule has 0 aliphatic carbocycles. The summed E-state index contributed by atoms with van der Waals surface area (Å²) in [4.78, 5) is 47.2. The highest BCUT2D eigenvalue weighted by atomic mass is 16.2. The number of carbonyl (C=O) groups is 2. The van der Waals surface area contributed by atoms with Gasteiger partial charge in [0.15, 0.2) is 0 Å². The van der Waals surface area contributed by atoms with E-state index in [2.05, 4.69) is 36.6 Å². The van der Waals surface area contributed by atoms with Gasteiger partial charge < -0.3 is 4.57 Å². The van der Waals surface area contributed by atoms with Crippen LogP contribution in [-0.4, -0.2) is 36.3 Å². The maximum atomic E-state index is 14.6. The molecule has 5 aromatic carbocycles. The van der Waals surface area contributed by atoms with Crippen LogP contribution in [0.4, 0.5) is 5.69 Å². The lowest BCUT2D eigenvalue weighted by atomic mass is 10.0. The minimum atomic E-state index is -0.383. The first-order valence-electron chi connectivity index (χ1n) is 15.4. The van der Waals surface area contributed by atoms with Gasteiger partial charge in [0.25, 0.3) is 11.8 Å². The molecule has 0 fully saturated rings.